The van der Waals surface area contributed by atoms with Gasteiger partial charge in [-0.25, -0.2) is 0 Å². The Bertz CT molecular complexity index is 269. The van der Waals surface area contributed by atoms with Crippen LogP contribution in [-0.4, -0.2) is 11.7 Å². The molecule has 0 fully saturated rings. The molecule has 0 aliphatic heterocycles. The Hall–Kier alpha value is -1.02. The standard InChI is InChI=1S/C11H16O2/c1-3-6-13-11-5-4-9(2)7-10(11)8-12/h4-5,7,12H,3,6,8H2,1-2H3. The molecular weight excluding hydrogens is 164 g/mol. The lowest BCUT2D eigenvalue weighted by Crippen LogP contribution is -1.99. The predicted octanol–water partition coefficient (Wildman–Crippen LogP) is 2.28. The molecule has 0 saturated carbocycles. The summed E-state index contributed by atoms with van der Waals surface area (Å²) in [6.45, 7) is 4.81. The molecule has 2 heteroatoms. The van der Waals surface area contributed by atoms with Gasteiger partial charge in [0, 0.05) is 5.56 Å². The number of rotatable bonds is 4. The zero-order valence-corrected chi connectivity index (χ0v) is 8.21. The van der Waals surface area contributed by atoms with Crippen molar-refractivity contribution in [3.8, 4) is 5.75 Å². The maximum Gasteiger partial charge on any atom is 0.124 e. The minimum Gasteiger partial charge on any atom is -0.493 e. The van der Waals surface area contributed by atoms with Crippen molar-refractivity contribution < 1.29 is 9.84 Å². The number of benzene rings is 1. The molecule has 1 rings (SSSR count). The summed E-state index contributed by atoms with van der Waals surface area (Å²) in [6.07, 6.45) is 0.985. The molecule has 0 heterocycles. The van der Waals surface area contributed by atoms with Crippen molar-refractivity contribution in [2.45, 2.75) is 26.9 Å². The smallest absolute Gasteiger partial charge is 0.124 e. The van der Waals surface area contributed by atoms with Crippen molar-refractivity contribution >= 4 is 0 Å². The zero-order valence-electron chi connectivity index (χ0n) is 8.21. The number of ether oxygens (including phenoxy) is 1. The summed E-state index contributed by atoms with van der Waals surface area (Å²) in [7, 11) is 0. The van der Waals surface area contributed by atoms with Gasteiger partial charge in [-0.3, -0.25) is 0 Å². The summed E-state index contributed by atoms with van der Waals surface area (Å²) in [5, 5.41) is 9.06. The van der Waals surface area contributed by atoms with Gasteiger partial charge in [-0.15, -0.1) is 0 Å². The van der Waals surface area contributed by atoms with Crippen molar-refractivity contribution in [2.75, 3.05) is 6.61 Å². The van der Waals surface area contributed by atoms with E-state index in [1.165, 1.54) is 0 Å². The molecule has 0 aliphatic carbocycles. The van der Waals surface area contributed by atoms with Crippen LogP contribution in [0, 0.1) is 6.92 Å². The molecule has 0 bridgehead atoms. The van der Waals surface area contributed by atoms with Crippen LogP contribution in [0.4, 0.5) is 0 Å². The van der Waals surface area contributed by atoms with E-state index in [0.717, 1.165) is 23.3 Å². The molecule has 0 unspecified atom stereocenters. The summed E-state index contributed by atoms with van der Waals surface area (Å²) >= 11 is 0. The first-order valence-electron chi connectivity index (χ1n) is 4.61. The van der Waals surface area contributed by atoms with Crippen molar-refractivity contribution in [2.24, 2.45) is 0 Å². The van der Waals surface area contributed by atoms with Gasteiger partial charge in [0.25, 0.3) is 0 Å². The molecule has 1 aromatic rings. The second-order valence-corrected chi connectivity index (χ2v) is 3.12. The predicted molar refractivity (Wildman–Crippen MR) is 52.9 cm³/mol. The Morgan fingerprint density at radius 1 is 1.38 bits per heavy atom. The Balaban J connectivity index is 2.79. The van der Waals surface area contributed by atoms with E-state index in [1.54, 1.807) is 0 Å². The minimum atomic E-state index is 0.0424. The van der Waals surface area contributed by atoms with E-state index in [9.17, 15) is 0 Å². The van der Waals surface area contributed by atoms with Gasteiger partial charge < -0.3 is 9.84 Å². The number of hydrogen-bond donors (Lipinski definition) is 1. The molecule has 0 aliphatic rings. The van der Waals surface area contributed by atoms with Gasteiger partial charge in [-0.05, 0) is 19.4 Å². The molecule has 0 atom stereocenters. The van der Waals surface area contributed by atoms with Crippen LogP contribution in [-0.2, 0) is 6.61 Å². The molecule has 0 radical (unpaired) electrons. The number of aliphatic hydroxyl groups excluding tert-OH is 1. The lowest BCUT2D eigenvalue weighted by atomic mass is 10.1. The largest absolute Gasteiger partial charge is 0.493 e. The maximum atomic E-state index is 9.06. The highest BCUT2D eigenvalue weighted by atomic mass is 16.5. The minimum absolute atomic E-state index is 0.0424. The lowest BCUT2D eigenvalue weighted by molar-refractivity contribution is 0.262. The quantitative estimate of drug-likeness (QED) is 0.770. The van der Waals surface area contributed by atoms with Crippen LogP contribution >= 0.6 is 0 Å². The van der Waals surface area contributed by atoms with E-state index in [-0.39, 0.29) is 6.61 Å². The van der Waals surface area contributed by atoms with Crippen LogP contribution in [0.3, 0.4) is 0 Å². The van der Waals surface area contributed by atoms with E-state index in [0.29, 0.717) is 6.61 Å². The zero-order chi connectivity index (χ0) is 9.68. The Kier molecular flexibility index (Phi) is 3.77. The fraction of sp³-hybridized carbons (Fsp3) is 0.455. The van der Waals surface area contributed by atoms with Gasteiger partial charge in [0.05, 0.1) is 13.2 Å². The Labute approximate surface area is 79.2 Å². The number of hydrogen-bond acceptors (Lipinski definition) is 2. The summed E-state index contributed by atoms with van der Waals surface area (Å²) in [4.78, 5) is 0. The summed E-state index contributed by atoms with van der Waals surface area (Å²) in [5.41, 5.74) is 2.02. The van der Waals surface area contributed by atoms with Crippen LogP contribution in [0.2, 0.25) is 0 Å². The van der Waals surface area contributed by atoms with Gasteiger partial charge in [-0.2, -0.15) is 0 Å². The molecule has 1 aromatic carbocycles. The molecule has 13 heavy (non-hydrogen) atoms. The average molecular weight is 180 g/mol. The van der Waals surface area contributed by atoms with E-state index in [4.69, 9.17) is 9.84 Å². The number of aliphatic hydroxyl groups is 1. The van der Waals surface area contributed by atoms with Crippen LogP contribution < -0.4 is 4.74 Å². The van der Waals surface area contributed by atoms with Gasteiger partial charge >= 0.3 is 0 Å². The summed E-state index contributed by atoms with van der Waals surface area (Å²) in [5.74, 6) is 0.801. The first-order chi connectivity index (χ1) is 6.27. The summed E-state index contributed by atoms with van der Waals surface area (Å²) < 4.78 is 5.47. The molecule has 0 amide bonds. The molecule has 0 aromatic heterocycles. The van der Waals surface area contributed by atoms with Gasteiger partial charge in [0.2, 0.25) is 0 Å². The highest BCUT2D eigenvalue weighted by Gasteiger charge is 2.01. The molecule has 2 nitrogen and oxygen atoms in total. The fourth-order valence-corrected chi connectivity index (χ4v) is 1.18. The fourth-order valence-electron chi connectivity index (χ4n) is 1.18. The Morgan fingerprint density at radius 2 is 2.15 bits per heavy atom. The SMILES string of the molecule is CCCOc1ccc(C)cc1CO. The van der Waals surface area contributed by atoms with E-state index >= 15 is 0 Å². The first kappa shape index (κ1) is 10.1. The van der Waals surface area contributed by atoms with Crippen molar-refractivity contribution in [3.05, 3.63) is 29.3 Å². The van der Waals surface area contributed by atoms with E-state index in [2.05, 4.69) is 6.92 Å². The van der Waals surface area contributed by atoms with Crippen LogP contribution in [0.25, 0.3) is 0 Å². The van der Waals surface area contributed by atoms with E-state index in [1.807, 2.05) is 25.1 Å². The van der Waals surface area contributed by atoms with Gasteiger partial charge in [-0.1, -0.05) is 24.6 Å². The van der Waals surface area contributed by atoms with Gasteiger partial charge in [0.15, 0.2) is 0 Å². The highest BCUT2D eigenvalue weighted by Crippen LogP contribution is 2.19. The topological polar surface area (TPSA) is 29.5 Å². The normalized spacial score (nSPS) is 10.1. The maximum absolute atomic E-state index is 9.06. The second kappa shape index (κ2) is 4.87. The van der Waals surface area contributed by atoms with Crippen molar-refractivity contribution in [1.29, 1.82) is 0 Å². The third kappa shape index (κ3) is 2.74. The van der Waals surface area contributed by atoms with Crippen LogP contribution in [0.5, 0.6) is 5.75 Å². The molecule has 72 valence electrons. The van der Waals surface area contributed by atoms with Crippen LogP contribution in [0.15, 0.2) is 18.2 Å². The molecule has 0 spiro atoms. The third-order valence-corrected chi connectivity index (χ3v) is 1.85. The number of aryl methyl sites for hydroxylation is 1. The van der Waals surface area contributed by atoms with Crippen molar-refractivity contribution in [1.82, 2.24) is 0 Å². The highest BCUT2D eigenvalue weighted by molar-refractivity contribution is 5.36. The first-order valence-corrected chi connectivity index (χ1v) is 4.61. The molecule has 0 saturated heterocycles. The second-order valence-electron chi connectivity index (χ2n) is 3.12. The van der Waals surface area contributed by atoms with Crippen molar-refractivity contribution in [3.63, 3.8) is 0 Å². The summed E-state index contributed by atoms with van der Waals surface area (Å²) in [6, 6.07) is 5.85. The van der Waals surface area contributed by atoms with Gasteiger partial charge in [0.1, 0.15) is 5.75 Å². The molecular formula is C11H16O2. The third-order valence-electron chi connectivity index (χ3n) is 1.85. The molecule has 1 N–H and O–H groups in total. The van der Waals surface area contributed by atoms with Crippen LogP contribution in [0.1, 0.15) is 24.5 Å². The van der Waals surface area contributed by atoms with E-state index < -0.39 is 0 Å². The monoisotopic (exact) mass is 180 g/mol. The lowest BCUT2D eigenvalue weighted by Gasteiger charge is -2.09. The Morgan fingerprint density at radius 3 is 2.77 bits per heavy atom. The average Bonchev–Trinajstić information content (AvgIpc) is 2.16.